The monoisotopic (exact) mass is 408 g/mol. The molecule has 0 saturated carbocycles. The van der Waals surface area contributed by atoms with Crippen molar-refractivity contribution in [1.82, 2.24) is 4.98 Å². The minimum absolute atomic E-state index is 0.0456. The molecule has 0 fully saturated rings. The Hall–Kier alpha value is -3.38. The van der Waals surface area contributed by atoms with Crippen LogP contribution in [-0.4, -0.2) is 23.3 Å². The number of aromatic nitrogens is 1. The van der Waals surface area contributed by atoms with Crippen LogP contribution in [0.4, 0.5) is 14.5 Å². The quantitative estimate of drug-likeness (QED) is 0.294. The van der Waals surface area contributed by atoms with Gasteiger partial charge in [0.1, 0.15) is 17.4 Å². The van der Waals surface area contributed by atoms with E-state index < -0.39 is 11.6 Å². The van der Waals surface area contributed by atoms with E-state index in [2.05, 4.69) is 4.98 Å². The SMILES string of the molecule is Cc1cc(N)ccc1-c1ccc2[nH]c(-c3c(F)cc(OCCCO)cc3F)cc2c1. The zero-order chi connectivity index (χ0) is 21.3. The number of aromatic amines is 1. The van der Waals surface area contributed by atoms with Crippen LogP contribution in [0, 0.1) is 18.6 Å². The van der Waals surface area contributed by atoms with E-state index in [4.69, 9.17) is 15.6 Å². The highest BCUT2D eigenvalue weighted by molar-refractivity contribution is 5.90. The Morgan fingerprint density at radius 3 is 2.47 bits per heavy atom. The van der Waals surface area contributed by atoms with Crippen LogP contribution in [0.25, 0.3) is 33.3 Å². The normalized spacial score (nSPS) is 11.2. The summed E-state index contributed by atoms with van der Waals surface area (Å²) in [5, 5.41) is 9.64. The molecular weight excluding hydrogens is 386 g/mol. The van der Waals surface area contributed by atoms with E-state index in [0.29, 0.717) is 17.8 Å². The minimum Gasteiger partial charge on any atom is -0.493 e. The summed E-state index contributed by atoms with van der Waals surface area (Å²) >= 11 is 0. The van der Waals surface area contributed by atoms with Crippen LogP contribution in [0.2, 0.25) is 0 Å². The van der Waals surface area contributed by atoms with Gasteiger partial charge in [0.15, 0.2) is 0 Å². The maximum Gasteiger partial charge on any atom is 0.139 e. The Morgan fingerprint density at radius 1 is 1.00 bits per heavy atom. The number of nitrogen functional groups attached to an aromatic ring is 1. The number of benzene rings is 3. The summed E-state index contributed by atoms with van der Waals surface area (Å²) < 4.78 is 34.6. The smallest absolute Gasteiger partial charge is 0.139 e. The van der Waals surface area contributed by atoms with Gasteiger partial charge in [-0.2, -0.15) is 0 Å². The Balaban J connectivity index is 1.70. The lowest BCUT2D eigenvalue weighted by atomic mass is 9.99. The molecule has 0 amide bonds. The van der Waals surface area contributed by atoms with Crippen LogP contribution in [0.5, 0.6) is 5.75 Å². The topological polar surface area (TPSA) is 71.3 Å². The predicted octanol–water partition coefficient (Wildman–Crippen LogP) is 5.43. The van der Waals surface area contributed by atoms with Gasteiger partial charge in [-0.3, -0.25) is 0 Å². The average molecular weight is 408 g/mol. The summed E-state index contributed by atoms with van der Waals surface area (Å²) in [7, 11) is 0. The number of aryl methyl sites for hydroxylation is 1. The van der Waals surface area contributed by atoms with Crippen molar-refractivity contribution in [2.45, 2.75) is 13.3 Å². The Bertz CT molecular complexity index is 1190. The molecule has 4 rings (SSSR count). The van der Waals surface area contributed by atoms with Crippen molar-refractivity contribution >= 4 is 16.6 Å². The van der Waals surface area contributed by atoms with E-state index in [-0.39, 0.29) is 24.5 Å². The number of ether oxygens (including phenoxy) is 1. The zero-order valence-electron chi connectivity index (χ0n) is 16.5. The molecule has 30 heavy (non-hydrogen) atoms. The third kappa shape index (κ3) is 3.86. The van der Waals surface area contributed by atoms with E-state index in [0.717, 1.165) is 39.7 Å². The molecule has 0 aliphatic carbocycles. The van der Waals surface area contributed by atoms with Crippen molar-refractivity contribution in [3.63, 3.8) is 0 Å². The highest BCUT2D eigenvalue weighted by Crippen LogP contribution is 2.34. The van der Waals surface area contributed by atoms with Crippen molar-refractivity contribution < 1.29 is 18.6 Å². The van der Waals surface area contributed by atoms with Crippen LogP contribution in [-0.2, 0) is 0 Å². The number of aliphatic hydroxyl groups is 1. The number of halogens is 2. The highest BCUT2D eigenvalue weighted by atomic mass is 19.1. The average Bonchev–Trinajstić information content (AvgIpc) is 3.10. The largest absolute Gasteiger partial charge is 0.493 e. The Kier molecular flexibility index (Phi) is 5.42. The molecule has 1 heterocycles. The van der Waals surface area contributed by atoms with Gasteiger partial charge in [0.25, 0.3) is 0 Å². The first-order valence-electron chi connectivity index (χ1n) is 9.68. The summed E-state index contributed by atoms with van der Waals surface area (Å²) in [5.74, 6) is -1.33. The first-order chi connectivity index (χ1) is 14.5. The highest BCUT2D eigenvalue weighted by Gasteiger charge is 2.16. The number of nitrogens with one attached hydrogen (secondary N) is 1. The number of H-pyrrole nitrogens is 1. The molecule has 0 saturated heterocycles. The fourth-order valence-electron chi connectivity index (χ4n) is 3.59. The molecule has 0 spiro atoms. The summed E-state index contributed by atoms with van der Waals surface area (Å²) in [6.07, 6.45) is 0.392. The fraction of sp³-hybridized carbons (Fsp3) is 0.167. The van der Waals surface area contributed by atoms with Crippen molar-refractivity contribution in [3.05, 3.63) is 71.8 Å². The van der Waals surface area contributed by atoms with Gasteiger partial charge in [-0.25, -0.2) is 8.78 Å². The number of hydrogen-bond donors (Lipinski definition) is 3. The summed E-state index contributed by atoms with van der Waals surface area (Å²) in [5.41, 5.74) is 10.7. The van der Waals surface area contributed by atoms with Gasteiger partial charge in [0, 0.05) is 41.8 Å². The standard InChI is InChI=1S/C24H22F2N2O2/c1-14-9-17(27)4-5-19(14)15-3-6-22-16(10-15)11-23(28-22)24-20(25)12-18(13-21(24)26)30-8-2-7-29/h3-6,9-13,28-29H,2,7-8,27H2,1H3. The third-order valence-electron chi connectivity index (χ3n) is 5.04. The van der Waals surface area contributed by atoms with Gasteiger partial charge in [-0.1, -0.05) is 12.1 Å². The van der Waals surface area contributed by atoms with E-state index in [9.17, 15) is 8.78 Å². The molecule has 4 aromatic rings. The lowest BCUT2D eigenvalue weighted by Gasteiger charge is -2.08. The molecule has 0 aliphatic rings. The van der Waals surface area contributed by atoms with Crippen molar-refractivity contribution in [3.8, 4) is 28.1 Å². The van der Waals surface area contributed by atoms with Crippen molar-refractivity contribution in [2.75, 3.05) is 18.9 Å². The van der Waals surface area contributed by atoms with E-state index >= 15 is 0 Å². The number of fused-ring (bicyclic) bond motifs is 1. The van der Waals surface area contributed by atoms with E-state index in [1.807, 2.05) is 43.3 Å². The number of anilines is 1. The molecule has 1 aromatic heterocycles. The van der Waals surface area contributed by atoms with Gasteiger partial charge in [0.05, 0.1) is 17.9 Å². The second-order valence-electron chi connectivity index (χ2n) is 7.25. The number of aliphatic hydroxyl groups excluding tert-OH is 1. The fourth-order valence-corrected chi connectivity index (χ4v) is 3.59. The molecule has 0 bridgehead atoms. The number of rotatable bonds is 6. The van der Waals surface area contributed by atoms with Crippen LogP contribution < -0.4 is 10.5 Å². The van der Waals surface area contributed by atoms with Crippen LogP contribution in [0.3, 0.4) is 0 Å². The second kappa shape index (κ2) is 8.16. The second-order valence-corrected chi connectivity index (χ2v) is 7.25. The maximum absolute atomic E-state index is 14.7. The van der Waals surface area contributed by atoms with Crippen molar-refractivity contribution in [1.29, 1.82) is 0 Å². The van der Waals surface area contributed by atoms with E-state index in [1.165, 1.54) is 0 Å². The molecule has 0 unspecified atom stereocenters. The molecule has 154 valence electrons. The zero-order valence-corrected chi connectivity index (χ0v) is 16.5. The molecule has 4 N–H and O–H groups in total. The molecule has 0 atom stereocenters. The van der Waals surface area contributed by atoms with Gasteiger partial charge in [-0.05, 0) is 53.9 Å². The van der Waals surface area contributed by atoms with Gasteiger partial charge in [0.2, 0.25) is 0 Å². The summed E-state index contributed by atoms with van der Waals surface area (Å²) in [4.78, 5) is 3.09. The Labute approximate surface area is 172 Å². The predicted molar refractivity (Wildman–Crippen MR) is 115 cm³/mol. The first kappa shape index (κ1) is 19.9. The van der Waals surface area contributed by atoms with E-state index in [1.54, 1.807) is 6.07 Å². The van der Waals surface area contributed by atoms with Gasteiger partial charge in [-0.15, -0.1) is 0 Å². The number of nitrogens with two attached hydrogens (primary N) is 1. The lowest BCUT2D eigenvalue weighted by Crippen LogP contribution is -2.01. The third-order valence-corrected chi connectivity index (χ3v) is 5.04. The van der Waals surface area contributed by atoms with Crippen LogP contribution in [0.1, 0.15) is 12.0 Å². The lowest BCUT2D eigenvalue weighted by molar-refractivity contribution is 0.233. The Morgan fingerprint density at radius 2 is 1.77 bits per heavy atom. The van der Waals surface area contributed by atoms with Crippen molar-refractivity contribution in [2.24, 2.45) is 0 Å². The minimum atomic E-state index is -0.713. The number of hydrogen-bond acceptors (Lipinski definition) is 3. The molecule has 4 nitrogen and oxygen atoms in total. The van der Waals surface area contributed by atoms with Gasteiger partial charge >= 0.3 is 0 Å². The van der Waals surface area contributed by atoms with Crippen LogP contribution in [0.15, 0.2) is 54.6 Å². The summed E-state index contributed by atoms with van der Waals surface area (Å²) in [6.45, 7) is 2.14. The molecule has 0 aliphatic heterocycles. The van der Waals surface area contributed by atoms with Gasteiger partial charge < -0.3 is 20.6 Å². The molecule has 6 heteroatoms. The molecule has 0 radical (unpaired) electrons. The maximum atomic E-state index is 14.7. The summed E-state index contributed by atoms with van der Waals surface area (Å²) in [6, 6.07) is 15.6. The van der Waals surface area contributed by atoms with Crippen LogP contribution >= 0.6 is 0 Å². The first-order valence-corrected chi connectivity index (χ1v) is 9.68. The molecule has 3 aromatic carbocycles. The molecular formula is C24H22F2N2O2.